The van der Waals surface area contributed by atoms with E-state index in [1.807, 2.05) is 6.07 Å². The third-order valence-corrected chi connectivity index (χ3v) is 3.70. The summed E-state index contributed by atoms with van der Waals surface area (Å²) in [5.74, 6) is 1.31. The van der Waals surface area contributed by atoms with Gasteiger partial charge in [-0.05, 0) is 32.4 Å². The first kappa shape index (κ1) is 14.1. The van der Waals surface area contributed by atoms with Crippen LogP contribution in [0.4, 0.5) is 4.39 Å². The van der Waals surface area contributed by atoms with E-state index in [1.54, 1.807) is 20.3 Å². The molecule has 106 valence electrons. The van der Waals surface area contributed by atoms with Gasteiger partial charge in [0.15, 0.2) is 0 Å². The second kappa shape index (κ2) is 6.24. The smallest absolute Gasteiger partial charge is 0.128 e. The highest BCUT2D eigenvalue weighted by Crippen LogP contribution is 2.38. The molecule has 1 aliphatic rings. The number of methoxy groups -OCH3 is 2. The van der Waals surface area contributed by atoms with Crippen LogP contribution < -0.4 is 14.8 Å². The van der Waals surface area contributed by atoms with Crippen LogP contribution in [-0.4, -0.2) is 20.8 Å². The first-order valence-electron chi connectivity index (χ1n) is 6.80. The van der Waals surface area contributed by atoms with E-state index in [-0.39, 0.29) is 6.04 Å². The second-order valence-electron chi connectivity index (χ2n) is 4.95. The van der Waals surface area contributed by atoms with E-state index in [4.69, 9.17) is 9.47 Å². The fraction of sp³-hybridized carbons (Fsp3) is 0.600. The maximum Gasteiger partial charge on any atom is 0.128 e. The van der Waals surface area contributed by atoms with Gasteiger partial charge in [0, 0.05) is 23.2 Å². The van der Waals surface area contributed by atoms with Crippen LogP contribution in [0.5, 0.6) is 11.5 Å². The predicted octanol–water partition coefficient (Wildman–Crippen LogP) is 3.55. The molecule has 0 aromatic heterocycles. The van der Waals surface area contributed by atoms with E-state index in [1.165, 1.54) is 19.8 Å². The minimum Gasteiger partial charge on any atom is -0.496 e. The Morgan fingerprint density at radius 3 is 2.47 bits per heavy atom. The SMILES string of the molecule is COc1cc(OC)c(C2CCCCN2)cc1C(C)F. The first-order valence-corrected chi connectivity index (χ1v) is 6.80. The van der Waals surface area contributed by atoms with Crippen molar-refractivity contribution >= 4 is 0 Å². The van der Waals surface area contributed by atoms with Gasteiger partial charge >= 0.3 is 0 Å². The molecule has 2 unspecified atom stereocenters. The van der Waals surface area contributed by atoms with E-state index < -0.39 is 6.17 Å². The average Bonchev–Trinajstić information content (AvgIpc) is 2.46. The van der Waals surface area contributed by atoms with Crippen LogP contribution >= 0.6 is 0 Å². The number of ether oxygens (including phenoxy) is 2. The topological polar surface area (TPSA) is 30.5 Å². The Bertz CT molecular complexity index is 428. The summed E-state index contributed by atoms with van der Waals surface area (Å²) in [5.41, 5.74) is 1.62. The summed E-state index contributed by atoms with van der Waals surface area (Å²) < 4.78 is 24.4. The molecule has 0 amide bonds. The highest BCUT2D eigenvalue weighted by Gasteiger charge is 2.22. The molecule has 0 saturated carbocycles. The van der Waals surface area contributed by atoms with Gasteiger partial charge in [-0.25, -0.2) is 4.39 Å². The molecule has 0 bridgehead atoms. The molecule has 1 aliphatic heterocycles. The quantitative estimate of drug-likeness (QED) is 0.905. The van der Waals surface area contributed by atoms with Crippen LogP contribution in [0.15, 0.2) is 12.1 Å². The monoisotopic (exact) mass is 267 g/mol. The van der Waals surface area contributed by atoms with Gasteiger partial charge in [-0.15, -0.1) is 0 Å². The minimum atomic E-state index is -1.05. The highest BCUT2D eigenvalue weighted by atomic mass is 19.1. The molecule has 0 spiro atoms. The van der Waals surface area contributed by atoms with Crippen LogP contribution in [0.25, 0.3) is 0 Å². The van der Waals surface area contributed by atoms with Crippen molar-refractivity contribution in [3.8, 4) is 11.5 Å². The molecule has 0 radical (unpaired) electrons. The third-order valence-electron chi connectivity index (χ3n) is 3.70. The molecule has 1 saturated heterocycles. The van der Waals surface area contributed by atoms with Crippen molar-refractivity contribution in [2.24, 2.45) is 0 Å². The summed E-state index contributed by atoms with van der Waals surface area (Å²) in [6, 6.07) is 3.91. The molecule has 3 nitrogen and oxygen atoms in total. The van der Waals surface area contributed by atoms with E-state index in [9.17, 15) is 4.39 Å². The van der Waals surface area contributed by atoms with E-state index in [0.29, 0.717) is 11.3 Å². The predicted molar refractivity (Wildman–Crippen MR) is 73.7 cm³/mol. The Morgan fingerprint density at radius 1 is 1.21 bits per heavy atom. The molecule has 1 fully saturated rings. The zero-order valence-corrected chi connectivity index (χ0v) is 11.8. The minimum absolute atomic E-state index is 0.243. The highest BCUT2D eigenvalue weighted by molar-refractivity contribution is 5.49. The van der Waals surface area contributed by atoms with Gasteiger partial charge in [0.05, 0.1) is 14.2 Å². The lowest BCUT2D eigenvalue weighted by molar-refractivity contribution is 0.337. The van der Waals surface area contributed by atoms with E-state index in [0.717, 1.165) is 24.3 Å². The number of halogens is 1. The Morgan fingerprint density at radius 2 is 1.95 bits per heavy atom. The third kappa shape index (κ3) is 3.00. The van der Waals surface area contributed by atoms with Crippen molar-refractivity contribution < 1.29 is 13.9 Å². The summed E-state index contributed by atoms with van der Waals surface area (Å²) in [7, 11) is 3.19. The number of hydrogen-bond donors (Lipinski definition) is 1. The van der Waals surface area contributed by atoms with Crippen LogP contribution in [0.2, 0.25) is 0 Å². The largest absolute Gasteiger partial charge is 0.496 e. The summed E-state index contributed by atoms with van der Waals surface area (Å²) in [6.45, 7) is 2.53. The standard InChI is InChI=1S/C15H22FNO2/c1-10(16)11-8-12(13-6-4-5-7-17-13)15(19-3)9-14(11)18-2/h8-10,13,17H,4-7H2,1-3H3. The average molecular weight is 267 g/mol. The number of alkyl halides is 1. The molecule has 1 heterocycles. The Hall–Kier alpha value is -1.29. The number of benzene rings is 1. The molecule has 1 aromatic rings. The lowest BCUT2D eigenvalue weighted by Gasteiger charge is -2.26. The summed E-state index contributed by atoms with van der Waals surface area (Å²) in [4.78, 5) is 0. The maximum atomic E-state index is 13.7. The second-order valence-corrected chi connectivity index (χ2v) is 4.95. The first-order chi connectivity index (χ1) is 9.17. The molecule has 2 atom stereocenters. The van der Waals surface area contributed by atoms with Gasteiger partial charge in [-0.2, -0.15) is 0 Å². The Balaban J connectivity index is 2.42. The summed E-state index contributed by atoms with van der Waals surface area (Å²) in [6.07, 6.45) is 2.39. The lowest BCUT2D eigenvalue weighted by atomic mass is 9.94. The van der Waals surface area contributed by atoms with Crippen molar-refractivity contribution in [3.63, 3.8) is 0 Å². The fourth-order valence-corrected chi connectivity index (χ4v) is 2.65. The van der Waals surface area contributed by atoms with Gasteiger partial charge < -0.3 is 14.8 Å². The van der Waals surface area contributed by atoms with Crippen LogP contribution in [0.1, 0.15) is 49.5 Å². The zero-order chi connectivity index (χ0) is 13.8. The molecular formula is C15H22FNO2. The number of rotatable bonds is 4. The van der Waals surface area contributed by atoms with Crippen molar-refractivity contribution in [3.05, 3.63) is 23.3 Å². The van der Waals surface area contributed by atoms with Crippen LogP contribution in [0, 0.1) is 0 Å². The molecular weight excluding hydrogens is 245 g/mol. The van der Waals surface area contributed by atoms with Crippen molar-refractivity contribution in [1.29, 1.82) is 0 Å². The molecule has 4 heteroatoms. The van der Waals surface area contributed by atoms with Crippen LogP contribution in [-0.2, 0) is 0 Å². The number of nitrogens with one attached hydrogen (secondary N) is 1. The Kier molecular flexibility index (Phi) is 4.64. The van der Waals surface area contributed by atoms with Gasteiger partial charge in [-0.1, -0.05) is 6.42 Å². The van der Waals surface area contributed by atoms with Crippen LogP contribution in [0.3, 0.4) is 0 Å². The van der Waals surface area contributed by atoms with E-state index >= 15 is 0 Å². The molecule has 1 N–H and O–H groups in total. The maximum absolute atomic E-state index is 13.7. The van der Waals surface area contributed by atoms with Crippen molar-refractivity contribution in [1.82, 2.24) is 5.32 Å². The lowest BCUT2D eigenvalue weighted by Crippen LogP contribution is -2.27. The molecule has 2 rings (SSSR count). The van der Waals surface area contributed by atoms with Crippen molar-refractivity contribution in [2.45, 2.75) is 38.4 Å². The van der Waals surface area contributed by atoms with E-state index in [2.05, 4.69) is 5.32 Å². The molecule has 19 heavy (non-hydrogen) atoms. The van der Waals surface area contributed by atoms with Gasteiger partial charge in [0.25, 0.3) is 0 Å². The zero-order valence-electron chi connectivity index (χ0n) is 11.8. The van der Waals surface area contributed by atoms with Gasteiger partial charge in [0.1, 0.15) is 17.7 Å². The molecule has 1 aromatic carbocycles. The van der Waals surface area contributed by atoms with Gasteiger partial charge in [-0.3, -0.25) is 0 Å². The number of piperidine rings is 1. The van der Waals surface area contributed by atoms with Gasteiger partial charge in [0.2, 0.25) is 0 Å². The Labute approximate surface area is 114 Å². The number of hydrogen-bond acceptors (Lipinski definition) is 3. The summed E-state index contributed by atoms with van der Waals surface area (Å²) in [5, 5.41) is 3.47. The summed E-state index contributed by atoms with van der Waals surface area (Å²) >= 11 is 0. The normalized spacial score (nSPS) is 20.9. The fourth-order valence-electron chi connectivity index (χ4n) is 2.65. The van der Waals surface area contributed by atoms with Crippen molar-refractivity contribution in [2.75, 3.05) is 20.8 Å². The molecule has 0 aliphatic carbocycles.